The summed E-state index contributed by atoms with van der Waals surface area (Å²) in [7, 11) is -4.09. The van der Waals surface area contributed by atoms with E-state index in [2.05, 4.69) is 4.72 Å². The van der Waals surface area contributed by atoms with Crippen molar-refractivity contribution in [3.05, 3.63) is 28.8 Å². The summed E-state index contributed by atoms with van der Waals surface area (Å²) in [6.07, 6.45) is -5.53. The van der Waals surface area contributed by atoms with Crippen molar-refractivity contribution in [3.8, 4) is 0 Å². The molecule has 4 nitrogen and oxygen atoms in total. The molecule has 0 aliphatic heterocycles. The molecule has 0 spiro atoms. The van der Waals surface area contributed by atoms with Gasteiger partial charge in [0.2, 0.25) is 0 Å². The summed E-state index contributed by atoms with van der Waals surface area (Å²) in [6, 6.07) is 3.75. The van der Waals surface area contributed by atoms with E-state index in [9.17, 15) is 26.7 Å². The molecular weight excluding hydrogens is 411 g/mol. The number of sulfonamides is 1. The van der Waals surface area contributed by atoms with Gasteiger partial charge in [0.25, 0.3) is 10.0 Å². The van der Waals surface area contributed by atoms with E-state index in [1.807, 2.05) is 0 Å². The molecule has 0 bridgehead atoms. The van der Waals surface area contributed by atoms with Crippen LogP contribution in [0.15, 0.2) is 22.4 Å². The minimum Gasteiger partial charge on any atom is -0.395 e. The lowest BCUT2D eigenvalue weighted by atomic mass is 9.94. The normalized spacial score (nSPS) is 15.3. The second-order valence-electron chi connectivity index (χ2n) is 6.05. The number of aliphatic hydroxyl groups excluding tert-OH is 1. The molecule has 146 valence electrons. The third-order valence-electron chi connectivity index (χ3n) is 4.19. The van der Waals surface area contributed by atoms with E-state index in [1.54, 1.807) is 25.1 Å². The first-order valence-corrected chi connectivity index (χ1v) is 10.5. The van der Waals surface area contributed by atoms with Crippen LogP contribution < -0.4 is 4.72 Å². The molecular formula is C16H19ClF3NO3S2. The minimum atomic E-state index is -4.44. The SMILES string of the molecule is CC[C@H](CC(F)(F)F)[C@@H](CO)NS(=O)(=O)c1sc2ccc(Cl)cc2c1C. The van der Waals surface area contributed by atoms with Crippen LogP contribution >= 0.6 is 22.9 Å². The van der Waals surface area contributed by atoms with Crippen LogP contribution in [-0.4, -0.2) is 32.3 Å². The molecule has 10 heteroatoms. The van der Waals surface area contributed by atoms with Crippen molar-refractivity contribution in [2.24, 2.45) is 5.92 Å². The maximum absolute atomic E-state index is 12.7. The van der Waals surface area contributed by atoms with Crippen molar-refractivity contribution >= 4 is 43.0 Å². The zero-order valence-corrected chi connectivity index (χ0v) is 16.5. The van der Waals surface area contributed by atoms with Gasteiger partial charge < -0.3 is 5.11 Å². The average Bonchev–Trinajstić information content (AvgIpc) is 2.87. The molecule has 1 aromatic carbocycles. The van der Waals surface area contributed by atoms with Crippen LogP contribution in [0.5, 0.6) is 0 Å². The monoisotopic (exact) mass is 429 g/mol. The van der Waals surface area contributed by atoms with E-state index in [1.165, 1.54) is 6.92 Å². The van der Waals surface area contributed by atoms with Gasteiger partial charge in [0, 0.05) is 22.2 Å². The number of alkyl halides is 3. The first kappa shape index (κ1) is 21.4. The Bertz CT molecular complexity index is 881. The van der Waals surface area contributed by atoms with Crippen molar-refractivity contribution in [1.29, 1.82) is 0 Å². The Hall–Kier alpha value is -0.870. The van der Waals surface area contributed by atoms with Crippen molar-refractivity contribution in [2.45, 2.75) is 43.1 Å². The van der Waals surface area contributed by atoms with Gasteiger partial charge in [-0.2, -0.15) is 13.2 Å². The van der Waals surface area contributed by atoms with Gasteiger partial charge in [-0.3, -0.25) is 0 Å². The summed E-state index contributed by atoms with van der Waals surface area (Å²) < 4.78 is 66.6. The first-order valence-electron chi connectivity index (χ1n) is 7.87. The second-order valence-corrected chi connectivity index (χ2v) is 9.45. The van der Waals surface area contributed by atoms with Gasteiger partial charge in [-0.1, -0.05) is 24.9 Å². The number of fused-ring (bicyclic) bond motifs is 1. The molecule has 0 aliphatic rings. The fraction of sp³-hybridized carbons (Fsp3) is 0.500. The number of nitrogens with one attached hydrogen (secondary N) is 1. The molecule has 0 unspecified atom stereocenters. The molecule has 0 amide bonds. The van der Waals surface area contributed by atoms with Crippen LogP contribution in [0, 0.1) is 12.8 Å². The van der Waals surface area contributed by atoms with Crippen LogP contribution in [-0.2, 0) is 10.0 Å². The van der Waals surface area contributed by atoms with Crippen molar-refractivity contribution in [3.63, 3.8) is 0 Å². The average molecular weight is 430 g/mol. The topological polar surface area (TPSA) is 66.4 Å². The van der Waals surface area contributed by atoms with Crippen LogP contribution in [0.2, 0.25) is 5.02 Å². The second kappa shape index (κ2) is 8.02. The van der Waals surface area contributed by atoms with E-state index in [-0.39, 0.29) is 10.6 Å². The Kier molecular flexibility index (Phi) is 6.61. The number of halogens is 4. The largest absolute Gasteiger partial charge is 0.395 e. The molecule has 0 aliphatic carbocycles. The third kappa shape index (κ3) is 4.89. The highest BCUT2D eigenvalue weighted by Gasteiger charge is 2.36. The summed E-state index contributed by atoms with van der Waals surface area (Å²) in [5.74, 6) is -1.06. The highest BCUT2D eigenvalue weighted by atomic mass is 35.5. The van der Waals surface area contributed by atoms with Gasteiger partial charge >= 0.3 is 6.18 Å². The molecule has 26 heavy (non-hydrogen) atoms. The number of hydrogen-bond acceptors (Lipinski definition) is 4. The van der Waals surface area contributed by atoms with Crippen LogP contribution in [0.4, 0.5) is 13.2 Å². The molecule has 0 fully saturated rings. The highest BCUT2D eigenvalue weighted by molar-refractivity contribution is 7.91. The van der Waals surface area contributed by atoms with Crippen molar-refractivity contribution < 1.29 is 26.7 Å². The molecule has 2 rings (SSSR count). The highest BCUT2D eigenvalue weighted by Crippen LogP contribution is 2.36. The number of rotatable bonds is 7. The lowest BCUT2D eigenvalue weighted by molar-refractivity contribution is -0.147. The summed E-state index contributed by atoms with van der Waals surface area (Å²) in [5.41, 5.74) is 0.473. The van der Waals surface area contributed by atoms with Gasteiger partial charge in [-0.05, 0) is 42.0 Å². The Morgan fingerprint density at radius 1 is 1.35 bits per heavy atom. The quantitative estimate of drug-likeness (QED) is 0.681. The molecule has 0 radical (unpaired) electrons. The zero-order valence-electron chi connectivity index (χ0n) is 14.1. The fourth-order valence-corrected chi connectivity index (χ4v) is 6.06. The Balaban J connectivity index is 2.36. The number of aliphatic hydroxyl groups is 1. The third-order valence-corrected chi connectivity index (χ3v) is 7.81. The molecule has 1 aromatic heterocycles. The Labute approximate surface area is 159 Å². The van der Waals surface area contributed by atoms with Crippen LogP contribution in [0.1, 0.15) is 25.3 Å². The molecule has 1 heterocycles. The van der Waals surface area contributed by atoms with Gasteiger partial charge in [0.05, 0.1) is 6.61 Å². The van der Waals surface area contributed by atoms with Crippen molar-refractivity contribution in [1.82, 2.24) is 4.72 Å². The summed E-state index contributed by atoms with van der Waals surface area (Å²) in [4.78, 5) is 0. The fourth-order valence-electron chi connectivity index (χ4n) is 2.83. The standard InChI is InChI=1S/C16H19ClF3NO3S2/c1-3-10(7-16(18,19)20)13(8-22)21-26(23,24)15-9(2)12-6-11(17)4-5-14(12)25-15/h4-6,10,13,21-22H,3,7-8H2,1-2H3/t10-,13-/m1/s1. The lowest BCUT2D eigenvalue weighted by Gasteiger charge is -2.26. The lowest BCUT2D eigenvalue weighted by Crippen LogP contribution is -2.44. The maximum atomic E-state index is 12.7. The van der Waals surface area contributed by atoms with E-state index < -0.39 is 41.2 Å². The minimum absolute atomic E-state index is 0.00933. The summed E-state index contributed by atoms with van der Waals surface area (Å²) in [6.45, 7) is 2.42. The van der Waals surface area contributed by atoms with Gasteiger partial charge in [0.1, 0.15) is 4.21 Å². The summed E-state index contributed by atoms with van der Waals surface area (Å²) in [5, 5.41) is 10.6. The van der Waals surface area contributed by atoms with Gasteiger partial charge in [-0.25, -0.2) is 13.1 Å². The zero-order chi connectivity index (χ0) is 19.7. The predicted octanol–water partition coefficient (Wildman–Crippen LogP) is 4.48. The van der Waals surface area contributed by atoms with E-state index >= 15 is 0 Å². The number of hydrogen-bond donors (Lipinski definition) is 2. The molecule has 2 N–H and O–H groups in total. The number of benzene rings is 1. The molecule has 0 saturated heterocycles. The first-order chi connectivity index (χ1) is 12.0. The Morgan fingerprint density at radius 2 is 2.00 bits per heavy atom. The number of thiophene rings is 1. The van der Waals surface area contributed by atoms with E-state index in [0.29, 0.717) is 20.7 Å². The van der Waals surface area contributed by atoms with Crippen LogP contribution in [0.3, 0.4) is 0 Å². The van der Waals surface area contributed by atoms with Gasteiger partial charge in [0.15, 0.2) is 0 Å². The molecule has 2 aromatic rings. The van der Waals surface area contributed by atoms with Gasteiger partial charge in [-0.15, -0.1) is 11.3 Å². The molecule has 0 saturated carbocycles. The van der Waals surface area contributed by atoms with E-state index in [4.69, 9.17) is 11.6 Å². The smallest absolute Gasteiger partial charge is 0.389 e. The molecule has 2 atom stereocenters. The maximum Gasteiger partial charge on any atom is 0.389 e. The van der Waals surface area contributed by atoms with Crippen LogP contribution in [0.25, 0.3) is 10.1 Å². The number of aryl methyl sites for hydroxylation is 1. The van der Waals surface area contributed by atoms with Crippen molar-refractivity contribution in [2.75, 3.05) is 6.61 Å². The van der Waals surface area contributed by atoms with E-state index in [0.717, 1.165) is 11.3 Å². The predicted molar refractivity (Wildman–Crippen MR) is 97.2 cm³/mol. The Morgan fingerprint density at radius 3 is 2.54 bits per heavy atom. The summed E-state index contributed by atoms with van der Waals surface area (Å²) >= 11 is 6.95.